The smallest absolute Gasteiger partial charge is 0.0462 e. The summed E-state index contributed by atoms with van der Waals surface area (Å²) in [7, 11) is 0. The average molecular weight is 769 g/mol. The second-order valence-electron chi connectivity index (χ2n) is 17.9. The van der Waals surface area contributed by atoms with Crippen molar-refractivity contribution in [2.75, 3.05) is 9.80 Å². The summed E-state index contributed by atoms with van der Waals surface area (Å²) in [6.07, 6.45) is 6.96. The molecule has 0 heterocycles. The topological polar surface area (TPSA) is 6.48 Å². The van der Waals surface area contributed by atoms with Crippen molar-refractivity contribution >= 4 is 34.1 Å². The van der Waals surface area contributed by atoms with Crippen LogP contribution < -0.4 is 9.80 Å². The molecule has 2 unspecified atom stereocenters. The molecule has 0 aliphatic heterocycles. The van der Waals surface area contributed by atoms with Crippen LogP contribution in [0.4, 0.5) is 34.1 Å². The van der Waals surface area contributed by atoms with E-state index in [2.05, 4.69) is 225 Å². The van der Waals surface area contributed by atoms with Crippen molar-refractivity contribution in [3.05, 3.63) is 168 Å². The Bertz CT molecular complexity index is 2000. The van der Waals surface area contributed by atoms with Crippen molar-refractivity contribution in [1.29, 1.82) is 0 Å². The zero-order valence-corrected chi connectivity index (χ0v) is 37.1. The Morgan fingerprint density at radius 3 is 0.845 bits per heavy atom. The minimum absolute atomic E-state index is 0.151. The monoisotopic (exact) mass is 769 g/mol. The van der Waals surface area contributed by atoms with E-state index < -0.39 is 0 Å². The van der Waals surface area contributed by atoms with Crippen LogP contribution >= 0.6 is 0 Å². The summed E-state index contributed by atoms with van der Waals surface area (Å²) in [4.78, 5) is 4.78. The SMILES string of the molecule is CCCC(C)(C)c1ccc(N(c2ccc(-c3ccc(N(c4ccc(C(C)CC)cc4)c4ccc(C(C)(C)CCC)cc4)cc3)cc2)c2ccc(C(C)CC)cc2)cc1. The molecule has 6 rings (SSSR count). The van der Waals surface area contributed by atoms with Crippen molar-refractivity contribution in [2.45, 2.75) is 130 Å². The van der Waals surface area contributed by atoms with E-state index >= 15 is 0 Å². The van der Waals surface area contributed by atoms with Crippen LogP contribution in [0.25, 0.3) is 11.1 Å². The fraction of sp³-hybridized carbons (Fsp3) is 0.357. The Labute approximate surface area is 352 Å². The standard InChI is InChI=1S/C56H68N2/c1-11-39-55(7,8)47-23-35-53(36-24-47)57(49-27-15-43(16-28-49)41(5)13-3)51-31-19-45(20-32-51)46-21-33-52(34-22-46)58(50-29-17-44(18-30-50)42(6)14-4)54-37-25-48(26-38-54)56(9,10)40-12-2/h15-38,41-42H,11-14,39-40H2,1-10H3. The summed E-state index contributed by atoms with van der Waals surface area (Å²) in [5.41, 5.74) is 15.2. The second-order valence-corrected chi connectivity index (χ2v) is 17.9. The number of hydrogen-bond donors (Lipinski definition) is 0. The van der Waals surface area contributed by atoms with E-state index in [4.69, 9.17) is 0 Å². The van der Waals surface area contributed by atoms with Gasteiger partial charge >= 0.3 is 0 Å². The summed E-state index contributed by atoms with van der Waals surface area (Å²) >= 11 is 0. The molecule has 0 radical (unpaired) electrons. The lowest BCUT2D eigenvalue weighted by Crippen LogP contribution is -2.17. The maximum absolute atomic E-state index is 2.39. The van der Waals surface area contributed by atoms with E-state index in [1.54, 1.807) is 0 Å². The van der Waals surface area contributed by atoms with E-state index in [9.17, 15) is 0 Å². The maximum Gasteiger partial charge on any atom is 0.0462 e. The molecule has 0 aliphatic rings. The molecule has 6 aromatic carbocycles. The second kappa shape index (κ2) is 18.7. The molecule has 0 spiro atoms. The van der Waals surface area contributed by atoms with Gasteiger partial charge in [-0.2, -0.15) is 0 Å². The lowest BCUT2D eigenvalue weighted by atomic mass is 9.81. The molecule has 0 saturated heterocycles. The highest BCUT2D eigenvalue weighted by Crippen LogP contribution is 2.41. The Hall–Kier alpha value is -5.08. The van der Waals surface area contributed by atoms with Gasteiger partial charge in [0.1, 0.15) is 0 Å². The number of benzene rings is 6. The van der Waals surface area contributed by atoms with Crippen molar-refractivity contribution < 1.29 is 0 Å². The Kier molecular flexibility index (Phi) is 13.7. The number of rotatable bonds is 17. The lowest BCUT2D eigenvalue weighted by molar-refractivity contribution is 0.473. The Morgan fingerprint density at radius 1 is 0.362 bits per heavy atom. The van der Waals surface area contributed by atoms with Gasteiger partial charge in [0.25, 0.3) is 0 Å². The van der Waals surface area contributed by atoms with Crippen LogP contribution in [0, 0.1) is 0 Å². The van der Waals surface area contributed by atoms with Crippen LogP contribution in [0.3, 0.4) is 0 Å². The molecule has 0 aromatic heterocycles. The normalized spacial score (nSPS) is 12.9. The first kappa shape index (κ1) is 42.5. The van der Waals surface area contributed by atoms with Gasteiger partial charge in [-0.25, -0.2) is 0 Å². The van der Waals surface area contributed by atoms with E-state index in [0.29, 0.717) is 11.8 Å². The number of anilines is 6. The van der Waals surface area contributed by atoms with E-state index in [1.165, 1.54) is 81.8 Å². The molecule has 0 saturated carbocycles. The molecule has 0 fully saturated rings. The summed E-state index contributed by atoms with van der Waals surface area (Å²) in [6, 6.07) is 55.0. The Morgan fingerprint density at radius 2 is 0.603 bits per heavy atom. The molecule has 58 heavy (non-hydrogen) atoms. The van der Waals surface area contributed by atoms with Crippen molar-refractivity contribution in [2.24, 2.45) is 0 Å². The zero-order chi connectivity index (χ0) is 41.5. The largest absolute Gasteiger partial charge is 0.311 e. The van der Waals surface area contributed by atoms with Crippen molar-refractivity contribution in [3.63, 3.8) is 0 Å². The quantitative estimate of drug-likeness (QED) is 0.0912. The molecule has 0 amide bonds. The molecule has 2 heteroatoms. The first-order valence-corrected chi connectivity index (χ1v) is 22.1. The molecular formula is C56H68N2. The van der Waals surface area contributed by atoms with Gasteiger partial charge in [0.2, 0.25) is 0 Å². The van der Waals surface area contributed by atoms with Crippen LogP contribution in [-0.2, 0) is 10.8 Å². The van der Waals surface area contributed by atoms with Crippen LogP contribution in [0.15, 0.2) is 146 Å². The first-order chi connectivity index (χ1) is 27.9. The first-order valence-electron chi connectivity index (χ1n) is 22.1. The van der Waals surface area contributed by atoms with E-state index in [0.717, 1.165) is 24.2 Å². The molecule has 2 nitrogen and oxygen atoms in total. The third-order valence-corrected chi connectivity index (χ3v) is 12.8. The minimum atomic E-state index is 0.151. The zero-order valence-electron chi connectivity index (χ0n) is 37.1. The van der Waals surface area contributed by atoms with Gasteiger partial charge in [-0.15, -0.1) is 0 Å². The molecule has 0 N–H and O–H groups in total. The van der Waals surface area contributed by atoms with Crippen molar-refractivity contribution in [3.8, 4) is 11.1 Å². The molecule has 6 aromatic rings. The average Bonchev–Trinajstić information content (AvgIpc) is 3.24. The lowest BCUT2D eigenvalue weighted by Gasteiger charge is -2.29. The van der Waals surface area contributed by atoms with Crippen LogP contribution in [0.1, 0.15) is 142 Å². The molecule has 302 valence electrons. The number of hydrogen-bond acceptors (Lipinski definition) is 2. The molecule has 2 atom stereocenters. The highest BCUT2D eigenvalue weighted by atomic mass is 15.1. The van der Waals surface area contributed by atoms with Gasteiger partial charge in [0.05, 0.1) is 0 Å². The van der Waals surface area contributed by atoms with E-state index in [-0.39, 0.29) is 10.8 Å². The highest BCUT2D eigenvalue weighted by Gasteiger charge is 2.22. The molecular weight excluding hydrogens is 701 g/mol. The summed E-state index contributed by atoms with van der Waals surface area (Å²) in [6.45, 7) is 23.1. The summed E-state index contributed by atoms with van der Waals surface area (Å²) in [5.74, 6) is 1.08. The van der Waals surface area contributed by atoms with Crippen molar-refractivity contribution in [1.82, 2.24) is 0 Å². The van der Waals surface area contributed by atoms with Crippen LogP contribution in [0.5, 0.6) is 0 Å². The van der Waals surface area contributed by atoms with Gasteiger partial charge in [-0.05, 0) is 155 Å². The highest BCUT2D eigenvalue weighted by molar-refractivity contribution is 5.81. The third kappa shape index (κ3) is 9.61. The number of nitrogens with zero attached hydrogens (tertiary/aromatic N) is 2. The summed E-state index contributed by atoms with van der Waals surface area (Å²) in [5, 5.41) is 0. The van der Waals surface area contributed by atoms with Crippen LogP contribution in [-0.4, -0.2) is 0 Å². The van der Waals surface area contributed by atoms with Crippen LogP contribution in [0.2, 0.25) is 0 Å². The fourth-order valence-corrected chi connectivity index (χ4v) is 8.54. The van der Waals surface area contributed by atoms with Gasteiger partial charge in [-0.3, -0.25) is 0 Å². The predicted molar refractivity (Wildman–Crippen MR) is 255 cm³/mol. The van der Waals surface area contributed by atoms with Gasteiger partial charge in [-0.1, -0.05) is 155 Å². The predicted octanol–water partition coefficient (Wildman–Crippen LogP) is 17.5. The third-order valence-electron chi connectivity index (χ3n) is 12.8. The Balaban J connectivity index is 1.32. The van der Waals surface area contributed by atoms with E-state index in [1.807, 2.05) is 0 Å². The molecule has 0 bridgehead atoms. The maximum atomic E-state index is 2.39. The minimum Gasteiger partial charge on any atom is -0.311 e. The molecule has 0 aliphatic carbocycles. The van der Waals surface area contributed by atoms with Gasteiger partial charge < -0.3 is 9.80 Å². The fourth-order valence-electron chi connectivity index (χ4n) is 8.54. The summed E-state index contributed by atoms with van der Waals surface area (Å²) < 4.78 is 0. The van der Waals surface area contributed by atoms with Gasteiger partial charge in [0, 0.05) is 34.1 Å². The van der Waals surface area contributed by atoms with Gasteiger partial charge in [0.15, 0.2) is 0 Å².